The van der Waals surface area contributed by atoms with Gasteiger partial charge in [-0.05, 0) is 25.2 Å². The van der Waals surface area contributed by atoms with E-state index in [2.05, 4.69) is 26.8 Å². The maximum atomic E-state index is 10.5. The van der Waals surface area contributed by atoms with Crippen LogP contribution in [-0.4, -0.2) is 11.1 Å². The molecule has 0 radical (unpaired) electrons. The summed E-state index contributed by atoms with van der Waals surface area (Å²) >= 11 is 0. The molecule has 0 spiro atoms. The first-order valence-corrected chi connectivity index (χ1v) is 5.01. The van der Waals surface area contributed by atoms with Crippen molar-refractivity contribution in [2.75, 3.05) is 0 Å². The Kier molecular flexibility index (Phi) is 3.14. The van der Waals surface area contributed by atoms with Gasteiger partial charge in [0.25, 0.3) is 0 Å². The average molecular weight is 194 g/mol. The topological polar surface area (TPSA) is 37.3 Å². The van der Waals surface area contributed by atoms with E-state index in [0.717, 1.165) is 12.8 Å². The largest absolute Gasteiger partial charge is 0.478 e. The van der Waals surface area contributed by atoms with Crippen LogP contribution in [0.25, 0.3) is 0 Å². The van der Waals surface area contributed by atoms with Crippen molar-refractivity contribution in [2.45, 2.75) is 33.6 Å². The van der Waals surface area contributed by atoms with Crippen LogP contribution >= 0.6 is 0 Å². The third-order valence-electron chi connectivity index (χ3n) is 3.02. The van der Waals surface area contributed by atoms with Gasteiger partial charge in [-0.25, -0.2) is 4.79 Å². The Hall–Kier alpha value is -1.05. The fourth-order valence-corrected chi connectivity index (χ4v) is 2.16. The van der Waals surface area contributed by atoms with E-state index in [1.165, 1.54) is 11.6 Å². The normalized spacial score (nSPS) is 26.2. The van der Waals surface area contributed by atoms with Crippen LogP contribution in [-0.2, 0) is 4.79 Å². The van der Waals surface area contributed by atoms with Crippen LogP contribution in [0.4, 0.5) is 0 Å². The molecule has 0 aromatic carbocycles. The van der Waals surface area contributed by atoms with Gasteiger partial charge in [0.2, 0.25) is 0 Å². The van der Waals surface area contributed by atoms with Crippen LogP contribution < -0.4 is 0 Å². The highest BCUT2D eigenvalue weighted by Gasteiger charge is 2.30. The summed E-state index contributed by atoms with van der Waals surface area (Å²) in [5.41, 5.74) is 1.48. The Balaban J connectivity index is 2.86. The van der Waals surface area contributed by atoms with Gasteiger partial charge in [0.05, 0.1) is 0 Å². The smallest absolute Gasteiger partial charge is 0.327 e. The van der Waals surface area contributed by atoms with Crippen molar-refractivity contribution < 1.29 is 9.90 Å². The number of hydrogen-bond acceptors (Lipinski definition) is 1. The molecule has 0 bridgehead atoms. The third-order valence-corrected chi connectivity index (χ3v) is 3.02. The third kappa shape index (κ3) is 2.47. The maximum Gasteiger partial charge on any atom is 0.327 e. The second-order valence-corrected chi connectivity index (χ2v) is 4.65. The number of aliphatic carboxylic acids is 1. The van der Waals surface area contributed by atoms with Gasteiger partial charge >= 0.3 is 5.97 Å². The van der Waals surface area contributed by atoms with E-state index >= 15 is 0 Å². The SMILES string of the molecule is CC1=CCCC(C)(C)[C@@H]1/C=C/C(=O)O. The van der Waals surface area contributed by atoms with Gasteiger partial charge < -0.3 is 5.11 Å². The number of carboxylic acid groups (broad SMARTS) is 1. The van der Waals surface area contributed by atoms with Crippen molar-refractivity contribution in [1.29, 1.82) is 0 Å². The molecule has 0 unspecified atom stereocenters. The Labute approximate surface area is 85.3 Å². The van der Waals surface area contributed by atoms with E-state index in [1.54, 1.807) is 0 Å². The number of hydrogen-bond donors (Lipinski definition) is 1. The first-order chi connectivity index (χ1) is 6.43. The van der Waals surface area contributed by atoms with Crippen LogP contribution in [0.2, 0.25) is 0 Å². The van der Waals surface area contributed by atoms with E-state index in [-0.39, 0.29) is 11.3 Å². The standard InChI is InChI=1S/C12H18O2/c1-9-5-4-8-12(2,3)10(9)6-7-11(13)14/h5-7,10H,4,8H2,1-3H3,(H,13,14)/b7-6+/t10-/m1/s1. The van der Waals surface area contributed by atoms with Crippen molar-refractivity contribution in [3.63, 3.8) is 0 Å². The van der Waals surface area contributed by atoms with Crippen LogP contribution in [0.1, 0.15) is 33.6 Å². The minimum atomic E-state index is -0.862. The highest BCUT2D eigenvalue weighted by Crippen LogP contribution is 2.41. The molecule has 2 heteroatoms. The molecule has 0 fully saturated rings. The second kappa shape index (κ2) is 3.99. The molecule has 2 nitrogen and oxygen atoms in total. The van der Waals surface area contributed by atoms with Crippen molar-refractivity contribution >= 4 is 5.97 Å². The first kappa shape index (κ1) is 11.0. The molecule has 1 atom stereocenters. The Morgan fingerprint density at radius 2 is 2.29 bits per heavy atom. The lowest BCUT2D eigenvalue weighted by molar-refractivity contribution is -0.131. The van der Waals surface area contributed by atoms with Crippen LogP contribution in [0.3, 0.4) is 0 Å². The summed E-state index contributed by atoms with van der Waals surface area (Å²) in [7, 11) is 0. The van der Waals surface area contributed by atoms with Crippen molar-refractivity contribution in [3.8, 4) is 0 Å². The quantitative estimate of drug-likeness (QED) is 0.542. The van der Waals surface area contributed by atoms with Crippen LogP contribution in [0.15, 0.2) is 23.8 Å². The maximum absolute atomic E-state index is 10.5. The van der Waals surface area contributed by atoms with Gasteiger partial charge in [0.15, 0.2) is 0 Å². The van der Waals surface area contributed by atoms with Crippen LogP contribution in [0.5, 0.6) is 0 Å². The number of allylic oxidation sites excluding steroid dienone is 3. The number of carbonyl (C=O) groups is 1. The number of rotatable bonds is 2. The molecule has 0 saturated heterocycles. The lowest BCUT2D eigenvalue weighted by Gasteiger charge is -2.36. The molecule has 1 aliphatic rings. The van der Waals surface area contributed by atoms with Crippen LogP contribution in [0, 0.1) is 11.3 Å². The summed E-state index contributed by atoms with van der Waals surface area (Å²) in [5, 5.41) is 8.59. The predicted octanol–water partition coefficient (Wildman–Crippen LogP) is 3.01. The highest BCUT2D eigenvalue weighted by molar-refractivity contribution is 5.79. The highest BCUT2D eigenvalue weighted by atomic mass is 16.4. The van der Waals surface area contributed by atoms with Gasteiger partial charge in [-0.2, -0.15) is 0 Å². The summed E-state index contributed by atoms with van der Waals surface area (Å²) in [6, 6.07) is 0. The monoisotopic (exact) mass is 194 g/mol. The summed E-state index contributed by atoms with van der Waals surface area (Å²) in [6.45, 7) is 6.47. The molecule has 14 heavy (non-hydrogen) atoms. The molecule has 78 valence electrons. The molecule has 1 aliphatic carbocycles. The molecule has 1 N–H and O–H groups in total. The average Bonchev–Trinajstić information content (AvgIpc) is 2.01. The second-order valence-electron chi connectivity index (χ2n) is 4.65. The molecule has 0 saturated carbocycles. The minimum absolute atomic E-state index is 0.185. The molecule has 0 aliphatic heterocycles. The molecular weight excluding hydrogens is 176 g/mol. The van der Waals surface area contributed by atoms with Crippen molar-refractivity contribution in [2.24, 2.45) is 11.3 Å². The van der Waals surface area contributed by atoms with E-state index in [9.17, 15) is 4.79 Å². The van der Waals surface area contributed by atoms with Gasteiger partial charge in [-0.15, -0.1) is 0 Å². The molecular formula is C12H18O2. The molecule has 0 amide bonds. The zero-order valence-corrected chi connectivity index (χ0v) is 9.08. The van der Waals surface area contributed by atoms with Gasteiger partial charge in [0, 0.05) is 12.0 Å². The lowest BCUT2D eigenvalue weighted by Crippen LogP contribution is -2.26. The van der Waals surface area contributed by atoms with E-state index in [4.69, 9.17) is 5.11 Å². The Morgan fingerprint density at radius 3 is 2.79 bits per heavy atom. The zero-order valence-electron chi connectivity index (χ0n) is 9.08. The summed E-state index contributed by atoms with van der Waals surface area (Å²) in [5.74, 6) is -0.591. The fraction of sp³-hybridized carbons (Fsp3) is 0.583. The van der Waals surface area contributed by atoms with Gasteiger partial charge in [-0.1, -0.05) is 31.6 Å². The van der Waals surface area contributed by atoms with Gasteiger partial charge in [-0.3, -0.25) is 0 Å². The van der Waals surface area contributed by atoms with Gasteiger partial charge in [0.1, 0.15) is 0 Å². The van der Waals surface area contributed by atoms with E-state index in [1.807, 2.05) is 6.08 Å². The first-order valence-electron chi connectivity index (χ1n) is 5.01. The summed E-state index contributed by atoms with van der Waals surface area (Å²) in [6.07, 6.45) is 7.51. The summed E-state index contributed by atoms with van der Waals surface area (Å²) in [4.78, 5) is 10.5. The molecule has 0 aromatic rings. The van der Waals surface area contributed by atoms with E-state index in [0.29, 0.717) is 0 Å². The Morgan fingerprint density at radius 1 is 1.64 bits per heavy atom. The van der Waals surface area contributed by atoms with E-state index < -0.39 is 5.97 Å². The minimum Gasteiger partial charge on any atom is -0.478 e. The lowest BCUT2D eigenvalue weighted by atomic mass is 9.68. The van der Waals surface area contributed by atoms with Crippen molar-refractivity contribution in [1.82, 2.24) is 0 Å². The van der Waals surface area contributed by atoms with Crippen molar-refractivity contribution in [3.05, 3.63) is 23.8 Å². The molecule has 0 heterocycles. The fourth-order valence-electron chi connectivity index (χ4n) is 2.16. The number of carboxylic acids is 1. The molecule has 1 rings (SSSR count). The Bertz CT molecular complexity index is 285. The zero-order chi connectivity index (χ0) is 10.8. The molecule has 0 aromatic heterocycles. The predicted molar refractivity (Wildman–Crippen MR) is 57.0 cm³/mol. The summed E-state index contributed by atoms with van der Waals surface area (Å²) < 4.78 is 0.